The van der Waals surface area contributed by atoms with Crippen LogP contribution in [-0.4, -0.2) is 48.1 Å². The lowest BCUT2D eigenvalue weighted by Crippen LogP contribution is -2.22. The van der Waals surface area contributed by atoms with Crippen LogP contribution in [0.15, 0.2) is 95.6 Å². The van der Waals surface area contributed by atoms with E-state index >= 15 is 0 Å². The Morgan fingerprint density at radius 2 is 1.51 bits per heavy atom. The van der Waals surface area contributed by atoms with Crippen LogP contribution in [0.2, 0.25) is 0 Å². The quantitative estimate of drug-likeness (QED) is 0.234. The highest BCUT2D eigenvalue weighted by atomic mass is 79.9. The summed E-state index contributed by atoms with van der Waals surface area (Å²) >= 11 is 3.32. The Morgan fingerprint density at radius 3 is 2.19 bits per heavy atom. The Labute approximate surface area is 224 Å². The maximum Gasteiger partial charge on any atom is 0.258 e. The number of nitrogens with zero attached hydrogens (tertiary/aromatic N) is 2. The minimum absolute atomic E-state index is 0.325. The van der Waals surface area contributed by atoms with Crippen LogP contribution in [0.3, 0.4) is 0 Å². The molecule has 186 valence electrons. The average Bonchev–Trinajstić information content (AvgIpc) is 2.90. The zero-order valence-electron chi connectivity index (χ0n) is 20.5. The molecule has 2 amide bonds. The first kappa shape index (κ1) is 25.9. The van der Waals surface area contributed by atoms with Crippen LogP contribution >= 0.6 is 15.9 Å². The van der Waals surface area contributed by atoms with Crippen LogP contribution in [0.1, 0.15) is 26.3 Å². The van der Waals surface area contributed by atoms with Crippen molar-refractivity contribution in [2.45, 2.75) is 0 Å². The lowest BCUT2D eigenvalue weighted by molar-refractivity contribution is 0.102. The average molecular weight is 556 g/mol. The highest BCUT2D eigenvalue weighted by Crippen LogP contribution is 2.25. The van der Waals surface area contributed by atoms with Gasteiger partial charge in [-0.15, -0.1) is 0 Å². The molecule has 4 aromatic rings. The molecule has 0 fully saturated rings. The number of hydrogen-bond acceptors (Lipinski definition) is 5. The molecular formula is C29H26BrN5O2. The number of likely N-dealkylation sites (N-methyl/N-ethyl adjacent to an activating group) is 1. The van der Waals surface area contributed by atoms with Crippen LogP contribution in [0.5, 0.6) is 0 Å². The summed E-state index contributed by atoms with van der Waals surface area (Å²) in [6, 6.07) is 25.3. The first-order valence-electron chi connectivity index (χ1n) is 11.6. The molecule has 0 aliphatic carbocycles. The zero-order valence-corrected chi connectivity index (χ0v) is 22.0. The summed E-state index contributed by atoms with van der Waals surface area (Å²) in [7, 11) is 3.87. The lowest BCUT2D eigenvalue weighted by atomic mass is 9.95. The van der Waals surface area contributed by atoms with Crippen molar-refractivity contribution in [2.24, 2.45) is 0 Å². The Bertz CT molecular complexity index is 1430. The number of anilines is 2. The lowest BCUT2D eigenvalue weighted by Gasteiger charge is -2.15. The van der Waals surface area contributed by atoms with Gasteiger partial charge in [0.25, 0.3) is 11.8 Å². The number of hydrogen-bond donors (Lipinski definition) is 3. The summed E-state index contributed by atoms with van der Waals surface area (Å²) in [6.45, 7) is 0.530. The zero-order chi connectivity index (χ0) is 26.4. The van der Waals surface area contributed by atoms with E-state index in [1.807, 2.05) is 55.4 Å². The van der Waals surface area contributed by atoms with E-state index in [2.05, 4.69) is 31.5 Å². The first-order chi connectivity index (χ1) is 17.8. The number of benzene rings is 3. The molecule has 3 N–H and O–H groups in total. The van der Waals surface area contributed by atoms with Gasteiger partial charge in [-0.25, -0.2) is 4.98 Å². The fourth-order valence-corrected chi connectivity index (χ4v) is 4.05. The molecule has 4 rings (SSSR count). The monoisotopic (exact) mass is 555 g/mol. The molecule has 7 nitrogen and oxygen atoms in total. The maximum atomic E-state index is 13.0. The van der Waals surface area contributed by atoms with Gasteiger partial charge in [0.05, 0.1) is 17.0 Å². The highest BCUT2D eigenvalue weighted by Gasteiger charge is 2.16. The topological polar surface area (TPSA) is 98.2 Å². The molecule has 37 heavy (non-hydrogen) atoms. The van der Waals surface area contributed by atoms with Crippen molar-refractivity contribution in [3.05, 3.63) is 112 Å². The Hall–Kier alpha value is -4.14. The van der Waals surface area contributed by atoms with E-state index in [-0.39, 0.29) is 11.8 Å². The minimum Gasteiger partial charge on any atom is -0.321 e. The van der Waals surface area contributed by atoms with Crippen molar-refractivity contribution in [1.82, 2.24) is 9.88 Å². The van der Waals surface area contributed by atoms with E-state index in [1.54, 1.807) is 54.7 Å². The van der Waals surface area contributed by atoms with Crippen LogP contribution in [0.25, 0.3) is 11.1 Å². The Balaban J connectivity index is 1.51. The molecule has 0 radical (unpaired) electrons. The standard InChI is InChI=1S/C29H26BrN5O2/c1-35(2)18-25(31)23-8-4-3-7-22(23)19-11-13-20(14-12-19)28(36)33-26-10-6-5-9-24(26)29(37)34-27-16-15-21(30)17-32-27/h3-17,31H,18H2,1-2H3,(H,33,36)(H,32,34,37). The molecule has 3 aromatic carbocycles. The number of nitrogens with one attached hydrogen (secondary N) is 3. The molecule has 0 atom stereocenters. The van der Waals surface area contributed by atoms with E-state index in [4.69, 9.17) is 5.41 Å². The van der Waals surface area contributed by atoms with Crippen LogP contribution < -0.4 is 10.6 Å². The number of aromatic nitrogens is 1. The third-order valence-electron chi connectivity index (χ3n) is 5.57. The van der Waals surface area contributed by atoms with Gasteiger partial charge in [0.15, 0.2) is 0 Å². The van der Waals surface area contributed by atoms with Crippen molar-refractivity contribution in [3.63, 3.8) is 0 Å². The summed E-state index contributed by atoms with van der Waals surface area (Å²) < 4.78 is 0.805. The van der Waals surface area contributed by atoms with E-state index in [9.17, 15) is 9.59 Å². The molecule has 0 bridgehead atoms. The van der Waals surface area contributed by atoms with Crippen molar-refractivity contribution in [1.29, 1.82) is 5.41 Å². The Kier molecular flexibility index (Phi) is 8.22. The highest BCUT2D eigenvalue weighted by molar-refractivity contribution is 9.10. The van der Waals surface area contributed by atoms with Gasteiger partial charge in [0.2, 0.25) is 0 Å². The second-order valence-corrected chi connectivity index (χ2v) is 9.57. The number of carbonyl (C=O) groups is 2. The number of carbonyl (C=O) groups excluding carboxylic acids is 2. The molecule has 0 spiro atoms. The molecule has 0 aliphatic heterocycles. The van der Waals surface area contributed by atoms with Crippen molar-refractivity contribution in [2.75, 3.05) is 31.3 Å². The third-order valence-corrected chi connectivity index (χ3v) is 6.04. The molecule has 8 heteroatoms. The molecule has 1 aromatic heterocycles. The van der Waals surface area contributed by atoms with Gasteiger partial charge in [0, 0.05) is 28.3 Å². The summed E-state index contributed by atoms with van der Waals surface area (Å²) in [5.41, 5.74) is 4.40. The molecule has 1 heterocycles. The normalized spacial score (nSPS) is 10.7. The number of halogens is 1. The first-order valence-corrected chi connectivity index (χ1v) is 12.4. The molecule has 0 unspecified atom stereocenters. The predicted molar refractivity (Wildman–Crippen MR) is 152 cm³/mol. The minimum atomic E-state index is -0.377. The van der Waals surface area contributed by atoms with E-state index in [0.717, 1.165) is 21.2 Å². The van der Waals surface area contributed by atoms with Crippen LogP contribution in [0, 0.1) is 5.41 Å². The predicted octanol–water partition coefficient (Wildman–Crippen LogP) is 5.95. The van der Waals surface area contributed by atoms with Gasteiger partial charge in [0.1, 0.15) is 5.82 Å². The summed E-state index contributed by atoms with van der Waals surface area (Å²) in [5, 5.41) is 14.1. The van der Waals surface area contributed by atoms with Gasteiger partial charge >= 0.3 is 0 Å². The molecule has 0 saturated carbocycles. The fraction of sp³-hybridized carbons (Fsp3) is 0.103. The van der Waals surface area contributed by atoms with Gasteiger partial charge in [-0.2, -0.15) is 0 Å². The second kappa shape index (κ2) is 11.7. The second-order valence-electron chi connectivity index (χ2n) is 8.65. The summed E-state index contributed by atoms with van der Waals surface area (Å²) in [5.74, 6) is -0.302. The number of amides is 2. The SMILES string of the molecule is CN(C)CC(=N)c1ccccc1-c1ccc(C(=O)Nc2ccccc2C(=O)Nc2ccc(Br)cn2)cc1. The van der Waals surface area contributed by atoms with E-state index in [1.165, 1.54) is 0 Å². The van der Waals surface area contributed by atoms with E-state index in [0.29, 0.717) is 34.9 Å². The van der Waals surface area contributed by atoms with Gasteiger partial charge in [-0.3, -0.25) is 9.59 Å². The van der Waals surface area contributed by atoms with Gasteiger partial charge in [-0.1, -0.05) is 48.5 Å². The summed E-state index contributed by atoms with van der Waals surface area (Å²) in [4.78, 5) is 32.0. The molecular weight excluding hydrogens is 530 g/mol. The molecule has 0 aliphatic rings. The fourth-order valence-electron chi connectivity index (χ4n) is 3.82. The van der Waals surface area contributed by atoms with Crippen LogP contribution in [0.4, 0.5) is 11.5 Å². The van der Waals surface area contributed by atoms with Crippen molar-refractivity contribution in [3.8, 4) is 11.1 Å². The van der Waals surface area contributed by atoms with Crippen molar-refractivity contribution < 1.29 is 9.59 Å². The smallest absolute Gasteiger partial charge is 0.258 e. The Morgan fingerprint density at radius 1 is 0.838 bits per heavy atom. The van der Waals surface area contributed by atoms with Gasteiger partial charge < -0.3 is 20.9 Å². The largest absolute Gasteiger partial charge is 0.321 e. The van der Waals surface area contributed by atoms with Crippen molar-refractivity contribution >= 4 is 45.0 Å². The van der Waals surface area contributed by atoms with Gasteiger partial charge in [-0.05, 0) is 77.6 Å². The number of pyridine rings is 1. The maximum absolute atomic E-state index is 13.0. The van der Waals surface area contributed by atoms with E-state index < -0.39 is 0 Å². The van der Waals surface area contributed by atoms with Crippen LogP contribution in [-0.2, 0) is 0 Å². The number of para-hydroxylation sites is 1. The number of rotatable bonds is 8. The summed E-state index contributed by atoms with van der Waals surface area (Å²) in [6.07, 6.45) is 1.59. The molecule has 0 saturated heterocycles. The third kappa shape index (κ3) is 6.55.